The highest BCUT2D eigenvalue weighted by Gasteiger charge is 2.12. The van der Waals surface area contributed by atoms with Gasteiger partial charge in [-0.15, -0.1) is 0 Å². The predicted octanol–water partition coefficient (Wildman–Crippen LogP) is 3.60. The van der Waals surface area contributed by atoms with E-state index in [4.69, 9.17) is 11.6 Å². The SMILES string of the molecule is CCc1cc2cccc(Cl)c2c(=O)n1-c1cccnc1. The van der Waals surface area contributed by atoms with Crippen molar-refractivity contribution in [2.75, 3.05) is 0 Å². The Morgan fingerprint density at radius 1 is 1.25 bits per heavy atom. The molecule has 2 aromatic heterocycles. The van der Waals surface area contributed by atoms with E-state index in [-0.39, 0.29) is 5.56 Å². The zero-order chi connectivity index (χ0) is 14.1. The zero-order valence-corrected chi connectivity index (χ0v) is 11.8. The number of aromatic nitrogens is 2. The van der Waals surface area contributed by atoms with Crippen molar-refractivity contribution < 1.29 is 0 Å². The molecular weight excluding hydrogens is 272 g/mol. The highest BCUT2D eigenvalue weighted by Crippen LogP contribution is 2.22. The van der Waals surface area contributed by atoms with Gasteiger partial charge in [-0.2, -0.15) is 0 Å². The highest BCUT2D eigenvalue weighted by atomic mass is 35.5. The molecule has 0 radical (unpaired) electrons. The maximum atomic E-state index is 12.8. The van der Waals surface area contributed by atoms with E-state index in [9.17, 15) is 4.79 Å². The molecule has 0 atom stereocenters. The summed E-state index contributed by atoms with van der Waals surface area (Å²) in [6, 6.07) is 11.2. The van der Waals surface area contributed by atoms with Crippen LogP contribution in [0.4, 0.5) is 0 Å². The molecular formula is C16H13ClN2O. The van der Waals surface area contributed by atoms with Crippen LogP contribution < -0.4 is 5.56 Å². The first-order chi connectivity index (χ1) is 9.72. The van der Waals surface area contributed by atoms with Crippen molar-refractivity contribution in [3.8, 4) is 5.69 Å². The van der Waals surface area contributed by atoms with Crippen LogP contribution in [0.5, 0.6) is 0 Å². The Hall–Kier alpha value is -2.13. The summed E-state index contributed by atoms with van der Waals surface area (Å²) >= 11 is 6.19. The van der Waals surface area contributed by atoms with Crippen LogP contribution in [-0.2, 0) is 6.42 Å². The fraction of sp³-hybridized carbons (Fsp3) is 0.125. The van der Waals surface area contributed by atoms with Gasteiger partial charge < -0.3 is 0 Å². The predicted molar refractivity (Wildman–Crippen MR) is 81.7 cm³/mol. The quantitative estimate of drug-likeness (QED) is 0.721. The van der Waals surface area contributed by atoms with Crippen LogP contribution >= 0.6 is 11.6 Å². The van der Waals surface area contributed by atoms with Crippen molar-refractivity contribution >= 4 is 22.4 Å². The lowest BCUT2D eigenvalue weighted by Gasteiger charge is -2.13. The molecule has 3 nitrogen and oxygen atoms in total. The van der Waals surface area contributed by atoms with Crippen LogP contribution in [-0.4, -0.2) is 9.55 Å². The standard InChI is InChI=1S/C16H13ClN2O/c1-2-12-9-11-5-3-7-14(17)15(11)16(20)19(12)13-6-4-8-18-10-13/h3-10H,2H2,1H3. The van der Waals surface area contributed by atoms with Gasteiger partial charge in [-0.05, 0) is 36.1 Å². The maximum absolute atomic E-state index is 12.8. The lowest BCUT2D eigenvalue weighted by atomic mass is 10.1. The Morgan fingerprint density at radius 2 is 2.10 bits per heavy atom. The van der Waals surface area contributed by atoms with E-state index in [1.807, 2.05) is 37.3 Å². The Morgan fingerprint density at radius 3 is 2.80 bits per heavy atom. The molecule has 1 aromatic carbocycles. The second kappa shape index (κ2) is 5.10. The van der Waals surface area contributed by atoms with Gasteiger partial charge in [-0.3, -0.25) is 14.3 Å². The van der Waals surface area contributed by atoms with Gasteiger partial charge in [0, 0.05) is 11.9 Å². The number of hydrogen-bond acceptors (Lipinski definition) is 2. The molecule has 100 valence electrons. The van der Waals surface area contributed by atoms with Gasteiger partial charge in [0.05, 0.1) is 22.3 Å². The largest absolute Gasteiger partial charge is 0.279 e. The van der Waals surface area contributed by atoms with Crippen molar-refractivity contribution in [3.63, 3.8) is 0 Å². The van der Waals surface area contributed by atoms with Crippen molar-refractivity contribution in [1.82, 2.24) is 9.55 Å². The van der Waals surface area contributed by atoms with E-state index < -0.39 is 0 Å². The molecule has 0 aliphatic heterocycles. The smallest absolute Gasteiger partial charge is 0.264 e. The number of fused-ring (bicyclic) bond motifs is 1. The Bertz CT molecular complexity index is 825. The fourth-order valence-electron chi connectivity index (χ4n) is 2.40. The topological polar surface area (TPSA) is 34.9 Å². The van der Waals surface area contributed by atoms with Gasteiger partial charge in [0.15, 0.2) is 0 Å². The molecule has 0 saturated carbocycles. The number of halogens is 1. The molecule has 0 aliphatic rings. The molecule has 3 aromatic rings. The van der Waals surface area contributed by atoms with E-state index in [0.717, 1.165) is 23.2 Å². The molecule has 0 fully saturated rings. The maximum Gasteiger partial charge on any atom is 0.264 e. The van der Waals surface area contributed by atoms with Crippen LogP contribution in [0, 0.1) is 0 Å². The van der Waals surface area contributed by atoms with Gasteiger partial charge in [0.2, 0.25) is 0 Å². The minimum atomic E-state index is -0.0991. The summed E-state index contributed by atoms with van der Waals surface area (Å²) in [4.78, 5) is 16.9. The monoisotopic (exact) mass is 284 g/mol. The number of nitrogens with zero attached hydrogens (tertiary/aromatic N) is 2. The number of benzene rings is 1. The van der Waals surface area contributed by atoms with Crippen molar-refractivity contribution in [2.45, 2.75) is 13.3 Å². The summed E-state index contributed by atoms with van der Waals surface area (Å²) in [5.74, 6) is 0. The molecule has 0 aliphatic carbocycles. The average molecular weight is 285 g/mol. The summed E-state index contributed by atoms with van der Waals surface area (Å²) in [6.07, 6.45) is 4.13. The number of pyridine rings is 2. The lowest BCUT2D eigenvalue weighted by molar-refractivity contribution is 0.883. The molecule has 0 amide bonds. The molecule has 0 N–H and O–H groups in total. The third-order valence-electron chi connectivity index (χ3n) is 3.34. The lowest BCUT2D eigenvalue weighted by Crippen LogP contribution is -2.22. The number of hydrogen-bond donors (Lipinski definition) is 0. The molecule has 0 spiro atoms. The number of aryl methyl sites for hydroxylation is 1. The Kier molecular flexibility index (Phi) is 3.28. The summed E-state index contributed by atoms with van der Waals surface area (Å²) < 4.78 is 1.68. The normalized spacial score (nSPS) is 10.9. The van der Waals surface area contributed by atoms with Gasteiger partial charge >= 0.3 is 0 Å². The summed E-state index contributed by atoms with van der Waals surface area (Å²) in [5.41, 5.74) is 1.60. The van der Waals surface area contributed by atoms with Crippen LogP contribution in [0.2, 0.25) is 5.02 Å². The molecule has 0 saturated heterocycles. The molecule has 20 heavy (non-hydrogen) atoms. The van der Waals surface area contributed by atoms with Gasteiger partial charge in [-0.25, -0.2) is 0 Å². The second-order valence-corrected chi connectivity index (χ2v) is 4.95. The Labute approximate surface area is 121 Å². The van der Waals surface area contributed by atoms with Crippen LogP contribution in [0.3, 0.4) is 0 Å². The van der Waals surface area contributed by atoms with Gasteiger partial charge in [0.1, 0.15) is 0 Å². The molecule has 0 unspecified atom stereocenters. The summed E-state index contributed by atoms with van der Waals surface area (Å²) in [7, 11) is 0. The van der Waals surface area contributed by atoms with Gasteiger partial charge in [0.25, 0.3) is 5.56 Å². The number of rotatable bonds is 2. The van der Waals surface area contributed by atoms with Crippen LogP contribution in [0.15, 0.2) is 53.6 Å². The summed E-state index contributed by atoms with van der Waals surface area (Å²) in [5, 5.41) is 1.91. The summed E-state index contributed by atoms with van der Waals surface area (Å²) in [6.45, 7) is 2.03. The zero-order valence-electron chi connectivity index (χ0n) is 11.0. The van der Waals surface area contributed by atoms with Crippen molar-refractivity contribution in [2.24, 2.45) is 0 Å². The highest BCUT2D eigenvalue weighted by molar-refractivity contribution is 6.35. The molecule has 3 rings (SSSR count). The average Bonchev–Trinajstić information content (AvgIpc) is 2.47. The van der Waals surface area contributed by atoms with E-state index >= 15 is 0 Å². The third kappa shape index (κ3) is 2.00. The van der Waals surface area contributed by atoms with Crippen molar-refractivity contribution in [3.05, 3.63) is 69.9 Å². The molecule has 0 bridgehead atoms. The second-order valence-electron chi connectivity index (χ2n) is 4.55. The minimum Gasteiger partial charge on any atom is -0.279 e. The van der Waals surface area contributed by atoms with Crippen molar-refractivity contribution in [1.29, 1.82) is 0 Å². The molecule has 2 heterocycles. The van der Waals surface area contributed by atoms with E-state index in [1.54, 1.807) is 23.0 Å². The molecule has 4 heteroatoms. The van der Waals surface area contributed by atoms with E-state index in [1.165, 1.54) is 0 Å². The third-order valence-corrected chi connectivity index (χ3v) is 3.65. The van der Waals surface area contributed by atoms with Crippen LogP contribution in [0.1, 0.15) is 12.6 Å². The van der Waals surface area contributed by atoms with Gasteiger partial charge in [-0.1, -0.05) is 30.7 Å². The van der Waals surface area contributed by atoms with E-state index in [0.29, 0.717) is 10.4 Å². The Balaban J connectivity index is 2.45. The first kappa shape index (κ1) is 12.9. The first-order valence-corrected chi connectivity index (χ1v) is 6.83. The fourth-order valence-corrected chi connectivity index (χ4v) is 2.66. The minimum absolute atomic E-state index is 0.0991. The first-order valence-electron chi connectivity index (χ1n) is 6.46. The van der Waals surface area contributed by atoms with E-state index in [2.05, 4.69) is 4.98 Å². The van der Waals surface area contributed by atoms with Crippen LogP contribution in [0.25, 0.3) is 16.5 Å².